The normalized spacial score (nSPS) is 12.1. The van der Waals surface area contributed by atoms with Gasteiger partial charge in [0, 0.05) is 24.4 Å². The van der Waals surface area contributed by atoms with Crippen LogP contribution in [0.25, 0.3) is 11.4 Å². The summed E-state index contributed by atoms with van der Waals surface area (Å²) in [6.07, 6.45) is 1.50. The third kappa shape index (κ3) is 4.35. The molecule has 154 valence electrons. The highest BCUT2D eigenvalue weighted by atomic mass is 16.7. The second kappa shape index (κ2) is 8.41. The molecule has 0 radical (unpaired) electrons. The Kier molecular flexibility index (Phi) is 5.52. The number of hydrogen-bond acceptors (Lipinski definition) is 6. The minimum Gasteiger partial charge on any atom is -0.454 e. The van der Waals surface area contributed by atoms with Gasteiger partial charge in [-0.05, 0) is 31.0 Å². The van der Waals surface area contributed by atoms with Crippen LogP contribution < -0.4 is 19.5 Å². The third-order valence-corrected chi connectivity index (χ3v) is 4.50. The average molecular weight is 405 g/mol. The van der Waals surface area contributed by atoms with Crippen LogP contribution in [0, 0.1) is 12.8 Å². The lowest BCUT2D eigenvalue weighted by molar-refractivity contribution is 0.0945. The number of hydrogen-bond donors (Lipinski definition) is 1. The van der Waals surface area contributed by atoms with Crippen LogP contribution in [0.2, 0.25) is 0 Å². The maximum Gasteiger partial charge on any atom is 0.258 e. The van der Waals surface area contributed by atoms with E-state index in [0.29, 0.717) is 35.5 Å². The van der Waals surface area contributed by atoms with Gasteiger partial charge in [0.05, 0.1) is 0 Å². The molecule has 7 heteroatoms. The van der Waals surface area contributed by atoms with Gasteiger partial charge >= 0.3 is 0 Å². The first-order valence-corrected chi connectivity index (χ1v) is 9.79. The van der Waals surface area contributed by atoms with E-state index in [-0.39, 0.29) is 24.1 Å². The van der Waals surface area contributed by atoms with Crippen molar-refractivity contribution in [1.82, 2.24) is 15.3 Å². The van der Waals surface area contributed by atoms with Crippen molar-refractivity contribution in [3.63, 3.8) is 0 Å². The lowest BCUT2D eigenvalue weighted by Gasteiger charge is -2.13. The molecule has 1 aliphatic heterocycles. The van der Waals surface area contributed by atoms with Crippen LogP contribution in [0.5, 0.6) is 23.1 Å². The Labute approximate surface area is 175 Å². The molecule has 1 amide bonds. The standard InChI is InChI=1S/C23H23N3O4/c1-14(2)11-25-22(27)18-12-24-21(16-6-4-5-15(3)9-16)26-23(18)30-17-7-8-19-20(10-17)29-13-28-19/h4-10,12,14H,11,13H2,1-3H3,(H,25,27). The monoisotopic (exact) mass is 405 g/mol. The Morgan fingerprint density at radius 1 is 1.17 bits per heavy atom. The summed E-state index contributed by atoms with van der Waals surface area (Å²) in [5.74, 6) is 2.43. The summed E-state index contributed by atoms with van der Waals surface area (Å²) in [6.45, 7) is 6.78. The maximum atomic E-state index is 12.7. The highest BCUT2D eigenvalue weighted by molar-refractivity contribution is 5.96. The topological polar surface area (TPSA) is 82.6 Å². The van der Waals surface area contributed by atoms with E-state index >= 15 is 0 Å². The minimum atomic E-state index is -0.282. The zero-order valence-corrected chi connectivity index (χ0v) is 17.1. The molecule has 0 aliphatic carbocycles. The van der Waals surface area contributed by atoms with Gasteiger partial charge in [-0.15, -0.1) is 0 Å². The molecule has 2 aromatic carbocycles. The molecule has 0 saturated carbocycles. The lowest BCUT2D eigenvalue weighted by Crippen LogP contribution is -2.28. The molecule has 0 unspecified atom stereocenters. The van der Waals surface area contributed by atoms with Crippen molar-refractivity contribution >= 4 is 5.91 Å². The van der Waals surface area contributed by atoms with Gasteiger partial charge < -0.3 is 19.5 Å². The molecule has 0 saturated heterocycles. The second-order valence-electron chi connectivity index (χ2n) is 7.50. The molecule has 0 spiro atoms. The fourth-order valence-electron chi connectivity index (χ4n) is 2.97. The quantitative estimate of drug-likeness (QED) is 0.656. The summed E-state index contributed by atoms with van der Waals surface area (Å²) < 4.78 is 16.8. The number of carbonyl (C=O) groups excluding carboxylic acids is 1. The molecule has 3 aromatic rings. The molecular weight excluding hydrogens is 382 g/mol. The Morgan fingerprint density at radius 2 is 2.00 bits per heavy atom. The molecule has 0 bridgehead atoms. The average Bonchev–Trinajstić information content (AvgIpc) is 3.20. The first-order valence-electron chi connectivity index (χ1n) is 9.79. The van der Waals surface area contributed by atoms with E-state index in [1.165, 1.54) is 6.20 Å². The summed E-state index contributed by atoms with van der Waals surface area (Å²) in [5.41, 5.74) is 2.21. The number of aromatic nitrogens is 2. The number of nitrogens with one attached hydrogen (secondary N) is 1. The predicted molar refractivity (Wildman–Crippen MR) is 112 cm³/mol. The first kappa shape index (κ1) is 19.7. The van der Waals surface area contributed by atoms with Crippen LogP contribution >= 0.6 is 0 Å². The molecule has 1 aliphatic rings. The Balaban J connectivity index is 1.70. The van der Waals surface area contributed by atoms with Crippen molar-refractivity contribution in [3.8, 4) is 34.5 Å². The zero-order valence-electron chi connectivity index (χ0n) is 17.1. The number of ether oxygens (including phenoxy) is 3. The fourth-order valence-corrected chi connectivity index (χ4v) is 2.97. The second-order valence-corrected chi connectivity index (χ2v) is 7.50. The summed E-state index contributed by atoms with van der Waals surface area (Å²) in [6, 6.07) is 13.1. The molecule has 1 N–H and O–H groups in total. The summed E-state index contributed by atoms with van der Waals surface area (Å²) >= 11 is 0. The molecule has 30 heavy (non-hydrogen) atoms. The van der Waals surface area contributed by atoms with Crippen LogP contribution in [0.1, 0.15) is 29.8 Å². The largest absolute Gasteiger partial charge is 0.454 e. The fraction of sp³-hybridized carbons (Fsp3) is 0.261. The van der Waals surface area contributed by atoms with Gasteiger partial charge in [0.2, 0.25) is 12.7 Å². The van der Waals surface area contributed by atoms with E-state index < -0.39 is 0 Å². The van der Waals surface area contributed by atoms with E-state index in [2.05, 4.69) is 15.3 Å². The van der Waals surface area contributed by atoms with E-state index in [1.54, 1.807) is 18.2 Å². The van der Waals surface area contributed by atoms with Crippen molar-refractivity contribution in [1.29, 1.82) is 0 Å². The van der Waals surface area contributed by atoms with Gasteiger partial charge in [0.1, 0.15) is 11.3 Å². The molecule has 2 heterocycles. The first-order chi connectivity index (χ1) is 14.5. The number of amides is 1. The smallest absolute Gasteiger partial charge is 0.258 e. The van der Waals surface area contributed by atoms with Gasteiger partial charge in [-0.1, -0.05) is 37.6 Å². The Hall–Kier alpha value is -3.61. The molecular formula is C23H23N3O4. The van der Waals surface area contributed by atoms with Crippen LogP contribution in [-0.2, 0) is 0 Å². The van der Waals surface area contributed by atoms with Gasteiger partial charge in [0.15, 0.2) is 17.3 Å². The van der Waals surface area contributed by atoms with Gasteiger partial charge in [0.25, 0.3) is 5.91 Å². The van der Waals surface area contributed by atoms with E-state index in [0.717, 1.165) is 11.1 Å². The Morgan fingerprint density at radius 3 is 2.80 bits per heavy atom. The number of benzene rings is 2. The predicted octanol–water partition coefficient (Wildman–Crippen LogP) is 4.36. The highest BCUT2D eigenvalue weighted by Gasteiger charge is 2.20. The molecule has 0 fully saturated rings. The molecule has 4 rings (SSSR count). The van der Waals surface area contributed by atoms with Crippen LogP contribution in [0.4, 0.5) is 0 Å². The number of aryl methyl sites for hydroxylation is 1. The van der Waals surface area contributed by atoms with Crippen molar-refractivity contribution in [2.45, 2.75) is 20.8 Å². The van der Waals surface area contributed by atoms with E-state index in [4.69, 9.17) is 14.2 Å². The number of nitrogens with zero attached hydrogens (tertiary/aromatic N) is 2. The van der Waals surface area contributed by atoms with Gasteiger partial charge in [-0.25, -0.2) is 4.98 Å². The molecule has 7 nitrogen and oxygen atoms in total. The van der Waals surface area contributed by atoms with Crippen molar-refractivity contribution < 1.29 is 19.0 Å². The van der Waals surface area contributed by atoms with E-state index in [9.17, 15) is 4.79 Å². The summed E-state index contributed by atoms with van der Waals surface area (Å²) in [7, 11) is 0. The number of fused-ring (bicyclic) bond motifs is 1. The van der Waals surface area contributed by atoms with Crippen molar-refractivity contribution in [2.24, 2.45) is 5.92 Å². The van der Waals surface area contributed by atoms with Crippen LogP contribution in [0.3, 0.4) is 0 Å². The molecule has 0 atom stereocenters. The Bertz CT molecular complexity index is 1080. The van der Waals surface area contributed by atoms with E-state index in [1.807, 2.05) is 45.0 Å². The SMILES string of the molecule is Cc1cccc(-c2ncc(C(=O)NCC(C)C)c(Oc3ccc4c(c3)OCO4)n2)c1. The minimum absolute atomic E-state index is 0.173. The van der Waals surface area contributed by atoms with Gasteiger partial charge in [-0.3, -0.25) is 4.79 Å². The maximum absolute atomic E-state index is 12.7. The molecule has 1 aromatic heterocycles. The lowest BCUT2D eigenvalue weighted by atomic mass is 10.1. The summed E-state index contributed by atoms with van der Waals surface area (Å²) in [5, 5.41) is 2.89. The van der Waals surface area contributed by atoms with Crippen molar-refractivity contribution in [2.75, 3.05) is 13.3 Å². The third-order valence-electron chi connectivity index (χ3n) is 4.50. The van der Waals surface area contributed by atoms with Crippen LogP contribution in [0.15, 0.2) is 48.7 Å². The zero-order chi connectivity index (χ0) is 21.1. The van der Waals surface area contributed by atoms with Crippen molar-refractivity contribution in [3.05, 3.63) is 59.8 Å². The van der Waals surface area contributed by atoms with Gasteiger partial charge in [-0.2, -0.15) is 4.98 Å². The van der Waals surface area contributed by atoms with Crippen LogP contribution in [-0.4, -0.2) is 29.2 Å². The number of carbonyl (C=O) groups is 1. The number of rotatable bonds is 6. The highest BCUT2D eigenvalue weighted by Crippen LogP contribution is 2.37. The summed E-state index contributed by atoms with van der Waals surface area (Å²) in [4.78, 5) is 21.7.